The van der Waals surface area contributed by atoms with Crippen molar-refractivity contribution in [3.63, 3.8) is 0 Å². The lowest BCUT2D eigenvalue weighted by Crippen LogP contribution is -2.70. The summed E-state index contributed by atoms with van der Waals surface area (Å²) in [5, 5.41) is 5.84. The number of sulfonamides is 1. The molecule has 56 heavy (non-hydrogen) atoms. The molecular formula is C40H52N6O9S. The third-order valence-electron chi connectivity index (χ3n) is 13.0. The number of amides is 4. The van der Waals surface area contributed by atoms with E-state index in [4.69, 9.17) is 19.2 Å². The molecule has 0 radical (unpaired) electrons. The second-order valence-electron chi connectivity index (χ2n) is 17.3. The number of methoxy groups -OCH3 is 1. The number of nitrogens with one attached hydrogen (secondary N) is 3. The molecule has 4 amide bonds. The van der Waals surface area contributed by atoms with Crippen LogP contribution in [0.3, 0.4) is 0 Å². The Kier molecular flexibility index (Phi) is 9.51. The number of hydrogen-bond donors (Lipinski definition) is 3. The molecular weight excluding hydrogens is 741 g/mol. The summed E-state index contributed by atoms with van der Waals surface area (Å²) in [6.07, 6.45) is 10.7. The monoisotopic (exact) mass is 792 g/mol. The van der Waals surface area contributed by atoms with Crippen LogP contribution in [-0.2, 0) is 35.6 Å². The van der Waals surface area contributed by atoms with Gasteiger partial charge in [-0.15, -0.1) is 0 Å². The van der Waals surface area contributed by atoms with Gasteiger partial charge in [0, 0.05) is 24.0 Å². The molecule has 2 aromatic rings. The van der Waals surface area contributed by atoms with E-state index < -0.39 is 73.3 Å². The second-order valence-corrected chi connectivity index (χ2v) is 19.5. The predicted octanol–water partition coefficient (Wildman–Crippen LogP) is 4.04. The maximum absolute atomic E-state index is 14.8. The average Bonchev–Trinajstić information content (AvgIpc) is 4.06. The quantitative estimate of drug-likeness (QED) is 0.358. The summed E-state index contributed by atoms with van der Waals surface area (Å²) in [4.78, 5) is 67.8. The number of aryl methyl sites for hydroxylation is 2. The first-order valence-electron chi connectivity index (χ1n) is 20.0. The first-order chi connectivity index (χ1) is 26.6. The van der Waals surface area contributed by atoms with Crippen molar-refractivity contribution in [3.8, 4) is 11.6 Å². The van der Waals surface area contributed by atoms with E-state index in [1.165, 1.54) is 4.90 Å². The van der Waals surface area contributed by atoms with Crippen LogP contribution >= 0.6 is 0 Å². The van der Waals surface area contributed by atoms with Crippen LogP contribution in [0, 0.1) is 12.8 Å². The van der Waals surface area contributed by atoms with Crippen molar-refractivity contribution < 1.29 is 41.8 Å². The molecule has 3 saturated carbocycles. The molecule has 3 aliphatic heterocycles. The number of ether oxygens (including phenoxy) is 3. The number of aromatic nitrogens is 2. The maximum Gasteiger partial charge on any atom is 0.408 e. The van der Waals surface area contributed by atoms with Gasteiger partial charge in [-0.2, -0.15) is 0 Å². The van der Waals surface area contributed by atoms with Crippen LogP contribution in [0.2, 0.25) is 0 Å². The zero-order chi connectivity index (χ0) is 39.7. The molecule has 5 atom stereocenters. The number of pyridine rings is 2. The molecule has 0 bridgehead atoms. The van der Waals surface area contributed by atoms with Gasteiger partial charge in [0.25, 0.3) is 5.91 Å². The van der Waals surface area contributed by atoms with E-state index in [0.29, 0.717) is 79.7 Å². The summed E-state index contributed by atoms with van der Waals surface area (Å²) in [7, 11) is -2.46. The fourth-order valence-electron chi connectivity index (χ4n) is 8.69. The van der Waals surface area contributed by atoms with E-state index in [0.717, 1.165) is 31.2 Å². The molecule has 15 nitrogen and oxygen atoms in total. The van der Waals surface area contributed by atoms with Gasteiger partial charge in [-0.3, -0.25) is 19.1 Å². The van der Waals surface area contributed by atoms with Crippen molar-refractivity contribution in [2.75, 3.05) is 13.7 Å². The molecule has 2 aromatic heterocycles. The Morgan fingerprint density at radius 2 is 1.80 bits per heavy atom. The number of nitrogens with zero attached hydrogens (tertiary/aromatic N) is 3. The van der Waals surface area contributed by atoms with Gasteiger partial charge >= 0.3 is 6.09 Å². The number of hydrogen-bond acceptors (Lipinski definition) is 11. The Morgan fingerprint density at radius 3 is 2.50 bits per heavy atom. The Morgan fingerprint density at radius 1 is 1.02 bits per heavy atom. The molecule has 4 fully saturated rings. The molecule has 6 aliphatic rings. The summed E-state index contributed by atoms with van der Waals surface area (Å²) in [6.45, 7) is 5.34. The highest BCUT2D eigenvalue weighted by Crippen LogP contribution is 2.47. The molecule has 0 aromatic carbocycles. The summed E-state index contributed by atoms with van der Waals surface area (Å²) in [5.74, 6) is -1.28. The van der Waals surface area contributed by atoms with Gasteiger partial charge in [-0.05, 0) is 97.5 Å². The van der Waals surface area contributed by atoms with E-state index in [1.807, 2.05) is 32.1 Å². The molecule has 302 valence electrons. The van der Waals surface area contributed by atoms with Crippen LogP contribution in [0.25, 0.3) is 11.0 Å². The fraction of sp³-hybridized carbons (Fsp3) is 0.650. The highest BCUT2D eigenvalue weighted by molar-refractivity contribution is 7.91. The minimum atomic E-state index is -4.01. The van der Waals surface area contributed by atoms with Gasteiger partial charge in [0.15, 0.2) is 0 Å². The zero-order valence-corrected chi connectivity index (χ0v) is 33.4. The molecule has 3 N–H and O–H groups in total. The molecule has 16 heteroatoms. The number of carbonyl (C=O) groups excluding carboxylic acids is 4. The second kappa shape index (κ2) is 13.9. The molecule has 1 spiro atoms. The number of allylic oxidation sites excluding steroid dienone is 1. The van der Waals surface area contributed by atoms with E-state index in [9.17, 15) is 27.6 Å². The van der Waals surface area contributed by atoms with Crippen LogP contribution in [0.5, 0.6) is 11.6 Å². The smallest absolute Gasteiger partial charge is 0.408 e. The number of alkyl carbamates (subject to hydrolysis) is 1. The van der Waals surface area contributed by atoms with E-state index in [2.05, 4.69) is 20.3 Å². The molecule has 1 saturated heterocycles. The van der Waals surface area contributed by atoms with E-state index in [-0.39, 0.29) is 19.4 Å². The first-order valence-corrected chi connectivity index (χ1v) is 21.5. The summed E-state index contributed by atoms with van der Waals surface area (Å²) in [6, 6.07) is 1.52. The number of carbonyl (C=O) groups is 4. The van der Waals surface area contributed by atoms with Gasteiger partial charge < -0.3 is 29.7 Å². The maximum atomic E-state index is 14.8. The Bertz CT molecular complexity index is 2120. The highest BCUT2D eigenvalue weighted by atomic mass is 32.2. The van der Waals surface area contributed by atoms with Crippen molar-refractivity contribution in [1.29, 1.82) is 0 Å². The Hall–Kier alpha value is -4.47. The lowest BCUT2D eigenvalue weighted by atomic mass is 9.65. The zero-order valence-electron chi connectivity index (χ0n) is 32.6. The van der Waals surface area contributed by atoms with Gasteiger partial charge in [0.2, 0.25) is 27.7 Å². The normalized spacial score (nSPS) is 30.6. The van der Waals surface area contributed by atoms with Crippen molar-refractivity contribution in [3.05, 3.63) is 35.5 Å². The lowest BCUT2D eigenvalue weighted by Gasteiger charge is -2.48. The fourth-order valence-corrected chi connectivity index (χ4v) is 10.0. The standard InChI is InChI=1S/C40H52N6O9S/c1-24-32-26(31-27(41-24)12-13-30(43-31)53-4)15-16-39(54-32)22-29-33(47)44-40(35(49)45-56(51,52)38(3)20-21-38)17-14-25(40)10-8-6-5-7-9-11-28(34(48)46(29)23-39)42-36(50)55-37(2)18-19-37/h8,10,12-13,25,28-29H,5-7,9,11,14-23H2,1-4H3,(H,42,50)(H,44,47)(H,45,49). The van der Waals surface area contributed by atoms with Crippen molar-refractivity contribution >= 4 is 44.9 Å². The topological polar surface area (TPSA) is 195 Å². The van der Waals surface area contributed by atoms with E-state index >= 15 is 0 Å². The molecule has 3 aliphatic carbocycles. The molecule has 8 rings (SSSR count). The minimum absolute atomic E-state index is 0.0343. The van der Waals surface area contributed by atoms with E-state index in [1.54, 1.807) is 20.1 Å². The van der Waals surface area contributed by atoms with Crippen molar-refractivity contribution in [1.82, 2.24) is 30.2 Å². The number of fused-ring (bicyclic) bond motifs is 5. The lowest BCUT2D eigenvalue weighted by molar-refractivity contribution is -0.144. The molecule has 5 unspecified atom stereocenters. The average molecular weight is 793 g/mol. The van der Waals surface area contributed by atoms with Crippen molar-refractivity contribution in [2.45, 2.75) is 144 Å². The third kappa shape index (κ3) is 6.95. The largest absolute Gasteiger partial charge is 0.483 e. The van der Waals surface area contributed by atoms with Crippen LogP contribution < -0.4 is 24.8 Å². The van der Waals surface area contributed by atoms with Crippen LogP contribution in [-0.4, -0.2) is 94.3 Å². The van der Waals surface area contributed by atoms with Gasteiger partial charge in [0.1, 0.15) is 34.6 Å². The summed E-state index contributed by atoms with van der Waals surface area (Å²) in [5.41, 5.74) is -0.265. The van der Waals surface area contributed by atoms with Crippen LogP contribution in [0.1, 0.15) is 109 Å². The van der Waals surface area contributed by atoms with Gasteiger partial charge in [-0.1, -0.05) is 25.0 Å². The SMILES string of the molecule is COc1ccc2nc(C)c3c(c2n1)CCC1(CC2C(=O)NC4(C(=O)NS(=O)(=O)C5(C)CC5)CCC4C=CCCCCCC(NC(=O)OC4(C)CC4)C(=O)N2C1)O3. The van der Waals surface area contributed by atoms with Crippen LogP contribution in [0.4, 0.5) is 4.79 Å². The molecule has 5 heterocycles. The third-order valence-corrected chi connectivity index (χ3v) is 15.2. The van der Waals surface area contributed by atoms with Gasteiger partial charge in [0.05, 0.1) is 35.1 Å². The highest BCUT2D eigenvalue weighted by Gasteiger charge is 2.60. The van der Waals surface area contributed by atoms with Gasteiger partial charge in [-0.25, -0.2) is 23.2 Å². The van der Waals surface area contributed by atoms with Crippen molar-refractivity contribution in [2.24, 2.45) is 5.92 Å². The predicted molar refractivity (Wildman–Crippen MR) is 204 cm³/mol. The Labute approximate surface area is 327 Å². The first kappa shape index (κ1) is 38.4. The van der Waals surface area contributed by atoms with Crippen LogP contribution in [0.15, 0.2) is 24.3 Å². The Balaban J connectivity index is 1.14. The minimum Gasteiger partial charge on any atom is -0.483 e. The summed E-state index contributed by atoms with van der Waals surface area (Å²) < 4.78 is 45.9. The summed E-state index contributed by atoms with van der Waals surface area (Å²) >= 11 is 0. The number of rotatable bonds is 6.